The van der Waals surface area contributed by atoms with E-state index in [1.807, 2.05) is 44.2 Å². The molecule has 4 aromatic carbocycles. The van der Waals surface area contributed by atoms with Gasteiger partial charge in [-0.1, -0.05) is 48.0 Å². The molecule has 0 spiro atoms. The number of ketones is 1. The van der Waals surface area contributed by atoms with Crippen LogP contribution in [0.5, 0.6) is 5.75 Å². The van der Waals surface area contributed by atoms with E-state index in [1.165, 1.54) is 12.1 Å². The van der Waals surface area contributed by atoms with E-state index in [4.69, 9.17) is 18.4 Å². The summed E-state index contributed by atoms with van der Waals surface area (Å²) in [6, 6.07) is 26.8. The van der Waals surface area contributed by atoms with Crippen LogP contribution in [0.25, 0.3) is 11.1 Å². The molecule has 9 nitrogen and oxygen atoms in total. The molecule has 0 saturated heterocycles. The highest BCUT2D eigenvalue weighted by atomic mass is 32.2. The molecule has 0 aliphatic heterocycles. The third-order valence-electron chi connectivity index (χ3n) is 7.63. The lowest BCUT2D eigenvalue weighted by Crippen LogP contribution is -2.25. The zero-order valence-corrected chi connectivity index (χ0v) is 27.4. The standard InChI is InChI=1S/C37H39NO8S/c1-26-3-17-34(18-4-26)47(41,42)46-24-22-44-20-19-43-21-23-45-33-15-11-30(12-16-33)36(39)29-9-7-28(8-10-29)35-25-31(6-5-27(35)2)37(40)38-32-13-14-32/h3-12,15-18,25,32H,13-14,19-24H2,1-2H3,(H,38,40). The minimum Gasteiger partial charge on any atom is -0.491 e. The van der Waals surface area contributed by atoms with Crippen LogP contribution in [-0.2, 0) is 23.8 Å². The Labute approximate surface area is 276 Å². The number of hydrogen-bond donors (Lipinski definition) is 1. The molecule has 246 valence electrons. The largest absolute Gasteiger partial charge is 0.491 e. The van der Waals surface area contributed by atoms with Crippen LogP contribution in [0.3, 0.4) is 0 Å². The van der Waals surface area contributed by atoms with Crippen LogP contribution in [0.2, 0.25) is 0 Å². The second-order valence-electron chi connectivity index (χ2n) is 11.4. The molecule has 5 rings (SSSR count). The number of aryl methyl sites for hydroxylation is 2. The van der Waals surface area contributed by atoms with Gasteiger partial charge in [0, 0.05) is 22.7 Å². The zero-order chi connectivity index (χ0) is 33.2. The fourth-order valence-electron chi connectivity index (χ4n) is 4.76. The van der Waals surface area contributed by atoms with Crippen molar-refractivity contribution >= 4 is 21.8 Å². The van der Waals surface area contributed by atoms with Gasteiger partial charge < -0.3 is 19.5 Å². The summed E-state index contributed by atoms with van der Waals surface area (Å²) < 4.78 is 45.9. The third kappa shape index (κ3) is 9.82. The van der Waals surface area contributed by atoms with Crippen LogP contribution in [0.1, 0.15) is 50.2 Å². The summed E-state index contributed by atoms with van der Waals surface area (Å²) in [5.41, 5.74) is 5.66. The van der Waals surface area contributed by atoms with Crippen LogP contribution in [0.15, 0.2) is 95.9 Å². The highest BCUT2D eigenvalue weighted by Gasteiger charge is 2.24. The first-order chi connectivity index (χ1) is 22.7. The van der Waals surface area contributed by atoms with Gasteiger partial charge in [0.2, 0.25) is 0 Å². The molecule has 1 saturated carbocycles. The minimum atomic E-state index is -3.80. The van der Waals surface area contributed by atoms with Crippen molar-refractivity contribution in [2.24, 2.45) is 0 Å². The quantitative estimate of drug-likeness (QED) is 0.0847. The van der Waals surface area contributed by atoms with E-state index >= 15 is 0 Å². The second-order valence-corrected chi connectivity index (χ2v) is 13.0. The van der Waals surface area contributed by atoms with E-state index in [0.29, 0.717) is 48.3 Å². The number of hydrogen-bond acceptors (Lipinski definition) is 8. The Kier molecular flexibility index (Phi) is 11.6. The van der Waals surface area contributed by atoms with Gasteiger partial charge in [0.15, 0.2) is 5.78 Å². The van der Waals surface area contributed by atoms with E-state index in [-0.39, 0.29) is 36.4 Å². The van der Waals surface area contributed by atoms with Crippen molar-refractivity contribution in [1.29, 1.82) is 0 Å². The van der Waals surface area contributed by atoms with Gasteiger partial charge in [-0.25, -0.2) is 0 Å². The smallest absolute Gasteiger partial charge is 0.297 e. The number of amides is 1. The Hall–Kier alpha value is -4.35. The van der Waals surface area contributed by atoms with Crippen molar-refractivity contribution in [3.63, 3.8) is 0 Å². The van der Waals surface area contributed by atoms with Crippen molar-refractivity contribution in [2.45, 2.75) is 37.6 Å². The van der Waals surface area contributed by atoms with Gasteiger partial charge in [-0.2, -0.15) is 8.42 Å². The summed E-state index contributed by atoms with van der Waals surface area (Å²) in [7, 11) is -3.80. The van der Waals surface area contributed by atoms with E-state index in [9.17, 15) is 18.0 Å². The average molecular weight is 658 g/mol. The average Bonchev–Trinajstić information content (AvgIpc) is 3.90. The predicted octanol–water partition coefficient (Wildman–Crippen LogP) is 5.91. The molecule has 0 atom stereocenters. The lowest BCUT2D eigenvalue weighted by molar-refractivity contribution is 0.0279. The lowest BCUT2D eigenvalue weighted by atomic mass is 9.95. The Morgan fingerprint density at radius 3 is 1.91 bits per heavy atom. The summed E-state index contributed by atoms with van der Waals surface area (Å²) in [5.74, 6) is 0.462. The fourth-order valence-corrected chi connectivity index (χ4v) is 5.65. The third-order valence-corrected chi connectivity index (χ3v) is 8.96. The SMILES string of the molecule is Cc1ccc(S(=O)(=O)OCCOCCOCCOc2ccc(C(=O)c3ccc(-c4cc(C(=O)NC5CC5)ccc4C)cc3)cc2)cc1. The Balaban J connectivity index is 0.993. The highest BCUT2D eigenvalue weighted by Crippen LogP contribution is 2.27. The van der Waals surface area contributed by atoms with Gasteiger partial charge in [0.05, 0.1) is 37.9 Å². The molecule has 0 aromatic heterocycles. The van der Waals surface area contributed by atoms with E-state index in [2.05, 4.69) is 5.32 Å². The molecule has 1 N–H and O–H groups in total. The fraction of sp³-hybridized carbons (Fsp3) is 0.297. The van der Waals surface area contributed by atoms with Crippen molar-refractivity contribution in [3.8, 4) is 16.9 Å². The number of carbonyl (C=O) groups excluding carboxylic acids is 2. The summed E-state index contributed by atoms with van der Waals surface area (Å²) in [5, 5.41) is 3.03. The molecule has 0 bridgehead atoms. The van der Waals surface area contributed by atoms with Crippen molar-refractivity contribution in [1.82, 2.24) is 5.32 Å². The molecular formula is C37H39NO8S. The van der Waals surface area contributed by atoms with Gasteiger partial charge in [0.25, 0.3) is 16.0 Å². The minimum absolute atomic E-state index is 0.0556. The van der Waals surface area contributed by atoms with E-state index < -0.39 is 10.1 Å². The van der Waals surface area contributed by atoms with Gasteiger partial charge >= 0.3 is 0 Å². The topological polar surface area (TPSA) is 117 Å². The number of rotatable bonds is 17. The molecule has 1 aliphatic rings. The maximum absolute atomic E-state index is 13.1. The Morgan fingerprint density at radius 2 is 1.28 bits per heavy atom. The van der Waals surface area contributed by atoms with E-state index in [1.54, 1.807) is 48.5 Å². The molecule has 1 aliphatic carbocycles. The number of ether oxygens (including phenoxy) is 3. The maximum Gasteiger partial charge on any atom is 0.297 e. The molecule has 1 amide bonds. The number of carbonyl (C=O) groups is 2. The molecule has 4 aromatic rings. The molecule has 1 fully saturated rings. The van der Waals surface area contributed by atoms with Gasteiger partial charge in [0.1, 0.15) is 12.4 Å². The van der Waals surface area contributed by atoms with Crippen molar-refractivity contribution < 1.29 is 36.4 Å². The maximum atomic E-state index is 13.1. The van der Waals surface area contributed by atoms with Gasteiger partial charge in [-0.05, 0) is 91.9 Å². The lowest BCUT2D eigenvalue weighted by Gasteiger charge is -2.11. The summed E-state index contributed by atoms with van der Waals surface area (Å²) >= 11 is 0. The van der Waals surface area contributed by atoms with Crippen LogP contribution < -0.4 is 10.1 Å². The summed E-state index contributed by atoms with van der Waals surface area (Å²) in [4.78, 5) is 25.8. The van der Waals surface area contributed by atoms with Crippen LogP contribution in [0.4, 0.5) is 0 Å². The molecule has 0 unspecified atom stereocenters. The Bertz CT molecular complexity index is 1770. The van der Waals surface area contributed by atoms with Crippen LogP contribution >= 0.6 is 0 Å². The normalized spacial score (nSPS) is 12.9. The monoisotopic (exact) mass is 657 g/mol. The summed E-state index contributed by atoms with van der Waals surface area (Å²) in [6.07, 6.45) is 2.07. The van der Waals surface area contributed by atoms with Crippen LogP contribution in [-0.4, -0.2) is 65.8 Å². The Morgan fingerprint density at radius 1 is 0.702 bits per heavy atom. The summed E-state index contributed by atoms with van der Waals surface area (Å²) in [6.45, 7) is 5.18. The van der Waals surface area contributed by atoms with Crippen LogP contribution in [0, 0.1) is 13.8 Å². The number of nitrogens with one attached hydrogen (secondary N) is 1. The van der Waals surface area contributed by atoms with E-state index in [0.717, 1.165) is 35.1 Å². The highest BCUT2D eigenvalue weighted by molar-refractivity contribution is 7.86. The second kappa shape index (κ2) is 16.0. The molecule has 0 radical (unpaired) electrons. The zero-order valence-electron chi connectivity index (χ0n) is 26.6. The molecule has 0 heterocycles. The number of benzene rings is 4. The molecule has 10 heteroatoms. The van der Waals surface area contributed by atoms with Gasteiger partial charge in [-0.15, -0.1) is 0 Å². The predicted molar refractivity (Wildman–Crippen MR) is 178 cm³/mol. The van der Waals surface area contributed by atoms with Gasteiger partial charge in [-0.3, -0.25) is 13.8 Å². The molecule has 47 heavy (non-hydrogen) atoms. The first kappa shape index (κ1) is 34.0. The van der Waals surface area contributed by atoms with Crippen molar-refractivity contribution in [2.75, 3.05) is 39.6 Å². The first-order valence-electron chi connectivity index (χ1n) is 15.6. The first-order valence-corrected chi connectivity index (χ1v) is 17.0. The molecular weight excluding hydrogens is 618 g/mol. The van der Waals surface area contributed by atoms with Crippen molar-refractivity contribution in [3.05, 3.63) is 119 Å².